The van der Waals surface area contributed by atoms with Crippen LogP contribution in [0, 0.1) is 0 Å². The van der Waals surface area contributed by atoms with Crippen molar-refractivity contribution in [1.82, 2.24) is 10.2 Å². The number of methoxy groups -OCH3 is 2. The lowest BCUT2D eigenvalue weighted by Gasteiger charge is -2.40. The monoisotopic (exact) mass is 348 g/mol. The highest BCUT2D eigenvalue weighted by molar-refractivity contribution is 5.95. The van der Waals surface area contributed by atoms with E-state index in [1.807, 2.05) is 4.90 Å². The molecule has 0 radical (unpaired) electrons. The summed E-state index contributed by atoms with van der Waals surface area (Å²) in [6, 6.07) is 5.19. The number of nitrogens with zero attached hydrogens (tertiary/aromatic N) is 1. The molecule has 1 spiro atoms. The Morgan fingerprint density at radius 2 is 1.92 bits per heavy atom. The molecule has 136 valence electrons. The van der Waals surface area contributed by atoms with E-state index >= 15 is 0 Å². The van der Waals surface area contributed by atoms with Crippen molar-refractivity contribution in [2.75, 3.05) is 40.5 Å². The Morgan fingerprint density at radius 1 is 1.20 bits per heavy atom. The molecular weight excluding hydrogens is 324 g/mol. The lowest BCUT2D eigenvalue weighted by molar-refractivity contribution is -0.120. The Balaban J connectivity index is 1.66. The fraction of sp³-hybridized carbons (Fsp3) is 0.556. The largest absolute Gasteiger partial charge is 0.493 e. The van der Waals surface area contributed by atoms with Gasteiger partial charge in [0.25, 0.3) is 5.91 Å². The Hall–Kier alpha value is -2.28. The van der Waals surface area contributed by atoms with Crippen LogP contribution in [0.3, 0.4) is 0 Å². The van der Waals surface area contributed by atoms with E-state index in [0.717, 1.165) is 0 Å². The van der Waals surface area contributed by atoms with Gasteiger partial charge in [0.05, 0.1) is 26.4 Å². The first kappa shape index (κ1) is 17.5. The van der Waals surface area contributed by atoms with Crippen LogP contribution in [0.15, 0.2) is 18.2 Å². The standard InChI is InChI=1S/C18H24N2O5/c1-23-14-4-3-13(11-15(14)24-2)17(22)20-8-6-18(7-9-20)12-19-16(21)5-10-25-18/h3-4,11H,5-10,12H2,1-2H3,(H,19,21). The van der Waals surface area contributed by atoms with Gasteiger partial charge < -0.3 is 24.4 Å². The molecule has 2 saturated heterocycles. The second-order valence-electron chi connectivity index (χ2n) is 6.42. The summed E-state index contributed by atoms with van der Waals surface area (Å²) in [7, 11) is 3.11. The van der Waals surface area contributed by atoms with Gasteiger partial charge in [0, 0.05) is 31.6 Å². The maximum absolute atomic E-state index is 12.8. The average Bonchev–Trinajstić information content (AvgIpc) is 2.83. The van der Waals surface area contributed by atoms with Gasteiger partial charge in [-0.25, -0.2) is 0 Å². The van der Waals surface area contributed by atoms with Gasteiger partial charge in [0.15, 0.2) is 11.5 Å². The second kappa shape index (κ2) is 7.31. The van der Waals surface area contributed by atoms with E-state index in [-0.39, 0.29) is 17.4 Å². The smallest absolute Gasteiger partial charge is 0.253 e. The van der Waals surface area contributed by atoms with Gasteiger partial charge in [-0.1, -0.05) is 0 Å². The minimum Gasteiger partial charge on any atom is -0.493 e. The predicted octanol–water partition coefficient (Wildman–Crippen LogP) is 1.22. The van der Waals surface area contributed by atoms with Crippen LogP contribution < -0.4 is 14.8 Å². The van der Waals surface area contributed by atoms with Crippen LogP contribution in [0.1, 0.15) is 29.6 Å². The number of likely N-dealkylation sites (tertiary alicyclic amines) is 1. The molecule has 1 N–H and O–H groups in total. The summed E-state index contributed by atoms with van der Waals surface area (Å²) in [6.45, 7) is 2.16. The molecule has 0 bridgehead atoms. The van der Waals surface area contributed by atoms with Crippen molar-refractivity contribution in [3.63, 3.8) is 0 Å². The summed E-state index contributed by atoms with van der Waals surface area (Å²) in [5, 5.41) is 2.91. The lowest BCUT2D eigenvalue weighted by atomic mass is 9.90. The highest BCUT2D eigenvalue weighted by Crippen LogP contribution is 2.31. The van der Waals surface area contributed by atoms with Crippen molar-refractivity contribution >= 4 is 11.8 Å². The molecular formula is C18H24N2O5. The Morgan fingerprint density at radius 3 is 2.60 bits per heavy atom. The number of nitrogens with one attached hydrogen (secondary N) is 1. The first-order valence-electron chi connectivity index (χ1n) is 8.49. The predicted molar refractivity (Wildman–Crippen MR) is 91.0 cm³/mol. The molecule has 1 aromatic carbocycles. The van der Waals surface area contributed by atoms with E-state index in [9.17, 15) is 9.59 Å². The quantitative estimate of drug-likeness (QED) is 0.889. The fourth-order valence-corrected chi connectivity index (χ4v) is 3.35. The normalized spacial score (nSPS) is 19.9. The fourth-order valence-electron chi connectivity index (χ4n) is 3.35. The number of piperidine rings is 1. The summed E-state index contributed by atoms with van der Waals surface area (Å²) in [4.78, 5) is 26.1. The first-order chi connectivity index (χ1) is 12.1. The maximum atomic E-state index is 12.8. The van der Waals surface area contributed by atoms with E-state index in [2.05, 4.69) is 5.32 Å². The molecule has 2 aliphatic rings. The van der Waals surface area contributed by atoms with Crippen LogP contribution >= 0.6 is 0 Å². The molecule has 0 aromatic heterocycles. The Labute approximate surface area is 147 Å². The molecule has 7 heteroatoms. The molecule has 2 aliphatic heterocycles. The van der Waals surface area contributed by atoms with Gasteiger partial charge in [-0.05, 0) is 31.0 Å². The molecule has 2 fully saturated rings. The SMILES string of the molecule is COc1ccc(C(=O)N2CCC3(CC2)CNC(=O)CCO3)cc1OC. The minimum absolute atomic E-state index is 0.0284. The van der Waals surface area contributed by atoms with Crippen molar-refractivity contribution in [1.29, 1.82) is 0 Å². The molecule has 0 unspecified atom stereocenters. The van der Waals surface area contributed by atoms with Crippen molar-refractivity contribution in [2.45, 2.75) is 24.9 Å². The summed E-state index contributed by atoms with van der Waals surface area (Å²) in [5.74, 6) is 1.13. The Bertz CT molecular complexity index is 653. The molecule has 3 rings (SSSR count). The third-order valence-electron chi connectivity index (χ3n) is 4.94. The van der Waals surface area contributed by atoms with Crippen LogP contribution in [0.2, 0.25) is 0 Å². The maximum Gasteiger partial charge on any atom is 0.253 e. The van der Waals surface area contributed by atoms with Gasteiger partial charge in [-0.2, -0.15) is 0 Å². The van der Waals surface area contributed by atoms with Crippen LogP contribution in [-0.2, 0) is 9.53 Å². The van der Waals surface area contributed by atoms with Gasteiger partial charge in [-0.15, -0.1) is 0 Å². The zero-order valence-electron chi connectivity index (χ0n) is 14.7. The van der Waals surface area contributed by atoms with Gasteiger partial charge in [0.1, 0.15) is 0 Å². The van der Waals surface area contributed by atoms with Crippen molar-refractivity contribution in [3.8, 4) is 11.5 Å². The average molecular weight is 348 g/mol. The molecule has 0 saturated carbocycles. The molecule has 0 atom stereocenters. The number of ether oxygens (including phenoxy) is 3. The highest BCUT2D eigenvalue weighted by atomic mass is 16.5. The molecule has 25 heavy (non-hydrogen) atoms. The summed E-state index contributed by atoms with van der Waals surface area (Å²) < 4.78 is 16.4. The van der Waals surface area contributed by atoms with Crippen LogP contribution in [0.4, 0.5) is 0 Å². The zero-order chi connectivity index (χ0) is 17.9. The highest BCUT2D eigenvalue weighted by Gasteiger charge is 2.38. The summed E-state index contributed by atoms with van der Waals surface area (Å²) in [5.41, 5.74) is 0.226. The third-order valence-corrected chi connectivity index (χ3v) is 4.94. The van der Waals surface area contributed by atoms with Gasteiger partial charge >= 0.3 is 0 Å². The minimum atomic E-state index is -0.347. The number of amides is 2. The van der Waals surface area contributed by atoms with Crippen LogP contribution in [0.5, 0.6) is 11.5 Å². The van der Waals surface area contributed by atoms with Crippen molar-refractivity contribution in [3.05, 3.63) is 23.8 Å². The van der Waals surface area contributed by atoms with Gasteiger partial charge in [-0.3, -0.25) is 9.59 Å². The van der Waals surface area contributed by atoms with E-state index in [4.69, 9.17) is 14.2 Å². The number of carbonyl (C=O) groups excluding carboxylic acids is 2. The molecule has 2 heterocycles. The van der Waals surface area contributed by atoms with E-state index in [1.54, 1.807) is 32.4 Å². The zero-order valence-corrected chi connectivity index (χ0v) is 14.7. The number of rotatable bonds is 3. The van der Waals surface area contributed by atoms with Gasteiger partial charge in [0.2, 0.25) is 5.91 Å². The van der Waals surface area contributed by atoms with E-state index in [0.29, 0.717) is 62.6 Å². The number of hydrogen-bond donors (Lipinski definition) is 1. The third kappa shape index (κ3) is 3.71. The molecule has 0 aliphatic carbocycles. The lowest BCUT2D eigenvalue weighted by Crippen LogP contribution is -2.52. The topological polar surface area (TPSA) is 77.1 Å². The number of carbonyl (C=O) groups is 2. The van der Waals surface area contributed by atoms with E-state index in [1.165, 1.54) is 0 Å². The number of hydrogen-bond acceptors (Lipinski definition) is 5. The summed E-state index contributed by atoms with van der Waals surface area (Å²) in [6.07, 6.45) is 1.83. The molecule has 7 nitrogen and oxygen atoms in total. The van der Waals surface area contributed by atoms with Crippen molar-refractivity contribution < 1.29 is 23.8 Å². The second-order valence-corrected chi connectivity index (χ2v) is 6.42. The first-order valence-corrected chi connectivity index (χ1v) is 8.49. The molecule has 1 aromatic rings. The van der Waals surface area contributed by atoms with Crippen molar-refractivity contribution in [2.24, 2.45) is 0 Å². The summed E-state index contributed by atoms with van der Waals surface area (Å²) >= 11 is 0. The molecule has 2 amide bonds. The van der Waals surface area contributed by atoms with Crippen LogP contribution in [0.25, 0.3) is 0 Å². The van der Waals surface area contributed by atoms with Crippen LogP contribution in [-0.4, -0.2) is 62.8 Å². The van der Waals surface area contributed by atoms with E-state index < -0.39 is 0 Å². The Kier molecular flexibility index (Phi) is 5.13. The number of benzene rings is 1.